The first-order chi connectivity index (χ1) is 14.7. The minimum Gasteiger partial charge on any atom is -0.338 e. The summed E-state index contributed by atoms with van der Waals surface area (Å²) < 4.78 is 0. The van der Waals surface area contributed by atoms with Crippen molar-refractivity contribution >= 4 is 11.8 Å². The molecule has 4 nitrogen and oxygen atoms in total. The molecule has 4 unspecified atom stereocenters. The molecule has 5 aliphatic rings. The summed E-state index contributed by atoms with van der Waals surface area (Å²) in [6.45, 7) is 3.02. The molecule has 0 bridgehead atoms. The zero-order valence-electron chi connectivity index (χ0n) is 17.0. The molecular weight excluding hydrogens is 372 g/mol. The lowest BCUT2D eigenvalue weighted by Gasteiger charge is -2.30. The number of nitrogens with zero attached hydrogens (tertiary/aromatic N) is 2. The van der Waals surface area contributed by atoms with Gasteiger partial charge in [-0.05, 0) is 36.5 Å². The monoisotopic (exact) mass is 398 g/mol. The van der Waals surface area contributed by atoms with E-state index in [1.807, 2.05) is 40.1 Å². The van der Waals surface area contributed by atoms with Gasteiger partial charge in [-0.15, -0.1) is 0 Å². The molecule has 4 heteroatoms. The van der Waals surface area contributed by atoms with Gasteiger partial charge in [0.15, 0.2) is 0 Å². The lowest BCUT2D eigenvalue weighted by molar-refractivity contribution is -0.126. The zero-order valence-corrected chi connectivity index (χ0v) is 17.0. The highest BCUT2D eigenvalue weighted by Crippen LogP contribution is 2.48. The molecule has 2 saturated heterocycles. The Morgan fingerprint density at radius 3 is 2.30 bits per heavy atom. The SMILES string of the molecule is O=C(C1=C2C=CC=C3CCC(C=C1)C32)N1CC2CN(C(=O)c3ccccc3)CC2C1. The van der Waals surface area contributed by atoms with Gasteiger partial charge < -0.3 is 9.80 Å². The maximum absolute atomic E-state index is 13.4. The number of amides is 2. The number of hydrogen-bond acceptors (Lipinski definition) is 2. The molecule has 0 aromatic heterocycles. The van der Waals surface area contributed by atoms with Crippen LogP contribution in [0, 0.1) is 23.7 Å². The molecule has 1 saturated carbocycles. The van der Waals surface area contributed by atoms with Crippen LogP contribution in [0.2, 0.25) is 0 Å². The third-order valence-corrected chi connectivity index (χ3v) is 7.65. The lowest BCUT2D eigenvalue weighted by atomic mass is 9.77. The largest absolute Gasteiger partial charge is 0.338 e. The second-order valence-electron chi connectivity index (χ2n) is 9.32. The molecule has 1 aromatic rings. The van der Waals surface area contributed by atoms with Gasteiger partial charge in [-0.1, -0.05) is 54.2 Å². The van der Waals surface area contributed by atoms with E-state index in [9.17, 15) is 9.59 Å². The smallest absolute Gasteiger partial charge is 0.254 e. The van der Waals surface area contributed by atoms with Gasteiger partial charge >= 0.3 is 0 Å². The Morgan fingerprint density at radius 2 is 1.57 bits per heavy atom. The van der Waals surface area contributed by atoms with E-state index in [1.54, 1.807) is 0 Å². The molecule has 2 amide bonds. The van der Waals surface area contributed by atoms with Crippen molar-refractivity contribution in [1.82, 2.24) is 9.80 Å². The fraction of sp³-hybridized carbons (Fsp3) is 0.385. The summed E-state index contributed by atoms with van der Waals surface area (Å²) >= 11 is 0. The molecule has 30 heavy (non-hydrogen) atoms. The molecule has 2 heterocycles. The van der Waals surface area contributed by atoms with E-state index in [0.717, 1.165) is 43.7 Å². The maximum Gasteiger partial charge on any atom is 0.254 e. The van der Waals surface area contributed by atoms with Crippen molar-refractivity contribution in [2.24, 2.45) is 23.7 Å². The average molecular weight is 399 g/mol. The van der Waals surface area contributed by atoms with Crippen LogP contribution in [0.25, 0.3) is 0 Å². The minimum absolute atomic E-state index is 0.113. The Hall–Kier alpha value is -2.88. The highest BCUT2D eigenvalue weighted by atomic mass is 16.2. The fourth-order valence-corrected chi connectivity index (χ4v) is 6.16. The quantitative estimate of drug-likeness (QED) is 0.764. The van der Waals surface area contributed by atoms with Crippen LogP contribution in [0.3, 0.4) is 0 Å². The van der Waals surface area contributed by atoms with Crippen LogP contribution in [-0.2, 0) is 4.79 Å². The Morgan fingerprint density at radius 1 is 0.867 bits per heavy atom. The third-order valence-electron chi connectivity index (χ3n) is 7.65. The summed E-state index contributed by atoms with van der Waals surface area (Å²) in [7, 11) is 0. The number of carbonyl (C=O) groups is 2. The predicted molar refractivity (Wildman–Crippen MR) is 116 cm³/mol. The first-order valence-corrected chi connectivity index (χ1v) is 11.1. The molecule has 6 rings (SSSR count). The Bertz CT molecular complexity index is 1020. The van der Waals surface area contributed by atoms with E-state index in [4.69, 9.17) is 0 Å². The summed E-state index contributed by atoms with van der Waals surface area (Å²) in [4.78, 5) is 30.2. The molecule has 0 N–H and O–H groups in total. The number of hydrogen-bond donors (Lipinski definition) is 0. The van der Waals surface area contributed by atoms with Crippen LogP contribution >= 0.6 is 0 Å². The van der Waals surface area contributed by atoms with Crippen LogP contribution in [0.1, 0.15) is 23.2 Å². The molecule has 0 radical (unpaired) electrons. The average Bonchev–Trinajstić information content (AvgIpc) is 3.48. The standard InChI is InChI=1S/C26H26N2O2/c29-25(19-5-2-1-3-6-19)27-13-20-15-28(16-21(20)14-27)26(30)23-12-11-18-10-9-17-7-4-8-22(23)24(17)18/h1-8,11-12,18,20-21,24H,9-10,13-16H2. The summed E-state index contributed by atoms with van der Waals surface area (Å²) in [6, 6.07) is 9.51. The number of fused-ring (bicyclic) bond motifs is 1. The van der Waals surface area contributed by atoms with Crippen molar-refractivity contribution in [3.8, 4) is 0 Å². The van der Waals surface area contributed by atoms with Crippen LogP contribution in [0.5, 0.6) is 0 Å². The molecular formula is C26H26N2O2. The number of likely N-dealkylation sites (tertiary alicyclic amines) is 2. The van der Waals surface area contributed by atoms with E-state index in [2.05, 4.69) is 30.4 Å². The van der Waals surface area contributed by atoms with E-state index in [0.29, 0.717) is 23.7 Å². The van der Waals surface area contributed by atoms with Crippen molar-refractivity contribution in [1.29, 1.82) is 0 Å². The van der Waals surface area contributed by atoms with Gasteiger partial charge in [0.1, 0.15) is 0 Å². The Balaban J connectivity index is 1.17. The number of benzene rings is 1. The van der Waals surface area contributed by atoms with Crippen molar-refractivity contribution in [3.05, 3.63) is 83.0 Å². The summed E-state index contributed by atoms with van der Waals surface area (Å²) in [5, 5.41) is 0. The molecule has 0 spiro atoms. The molecule has 3 fully saturated rings. The highest BCUT2D eigenvalue weighted by molar-refractivity contribution is 5.98. The van der Waals surface area contributed by atoms with Crippen LogP contribution in [0.4, 0.5) is 0 Å². The van der Waals surface area contributed by atoms with Crippen LogP contribution in [0.15, 0.2) is 77.4 Å². The Kier molecular flexibility index (Phi) is 4.08. The van der Waals surface area contributed by atoms with Crippen LogP contribution < -0.4 is 0 Å². The zero-order chi connectivity index (χ0) is 20.2. The molecule has 4 atom stereocenters. The van der Waals surface area contributed by atoms with Crippen LogP contribution in [-0.4, -0.2) is 47.8 Å². The van der Waals surface area contributed by atoms with E-state index in [1.165, 1.54) is 17.6 Å². The number of rotatable bonds is 2. The first kappa shape index (κ1) is 17.9. The molecule has 3 aliphatic carbocycles. The van der Waals surface area contributed by atoms with Crippen molar-refractivity contribution < 1.29 is 9.59 Å². The Labute approximate surface area is 177 Å². The van der Waals surface area contributed by atoms with Gasteiger partial charge in [-0.3, -0.25) is 9.59 Å². The highest BCUT2D eigenvalue weighted by Gasteiger charge is 2.44. The van der Waals surface area contributed by atoms with Gasteiger partial charge in [-0.25, -0.2) is 0 Å². The van der Waals surface area contributed by atoms with Gasteiger partial charge in [-0.2, -0.15) is 0 Å². The maximum atomic E-state index is 13.4. The first-order valence-electron chi connectivity index (χ1n) is 11.1. The number of carbonyl (C=O) groups excluding carboxylic acids is 2. The van der Waals surface area contributed by atoms with Crippen molar-refractivity contribution in [2.75, 3.05) is 26.2 Å². The minimum atomic E-state index is 0.113. The molecule has 2 aliphatic heterocycles. The summed E-state index contributed by atoms with van der Waals surface area (Å²) in [6.07, 6.45) is 13.2. The van der Waals surface area contributed by atoms with E-state index in [-0.39, 0.29) is 11.8 Å². The van der Waals surface area contributed by atoms with Gasteiger partial charge in [0.2, 0.25) is 0 Å². The van der Waals surface area contributed by atoms with Crippen molar-refractivity contribution in [3.63, 3.8) is 0 Å². The number of allylic oxidation sites excluding steroid dienone is 6. The molecule has 152 valence electrons. The van der Waals surface area contributed by atoms with E-state index < -0.39 is 0 Å². The van der Waals surface area contributed by atoms with Crippen molar-refractivity contribution in [2.45, 2.75) is 12.8 Å². The normalized spacial score (nSPS) is 31.1. The summed E-state index contributed by atoms with van der Waals surface area (Å²) in [5.74, 6) is 2.03. The second kappa shape index (κ2) is 6.83. The summed E-state index contributed by atoms with van der Waals surface area (Å²) in [5.41, 5.74) is 4.35. The third kappa shape index (κ3) is 2.73. The second-order valence-corrected chi connectivity index (χ2v) is 9.32. The van der Waals surface area contributed by atoms with E-state index >= 15 is 0 Å². The fourth-order valence-electron chi connectivity index (χ4n) is 6.16. The predicted octanol–water partition coefficient (Wildman–Crippen LogP) is 3.61. The lowest BCUT2D eigenvalue weighted by Crippen LogP contribution is -2.37. The van der Waals surface area contributed by atoms with Gasteiger partial charge in [0.05, 0.1) is 0 Å². The van der Waals surface area contributed by atoms with Gasteiger partial charge in [0.25, 0.3) is 11.8 Å². The molecule has 1 aromatic carbocycles. The topological polar surface area (TPSA) is 40.6 Å². The van der Waals surface area contributed by atoms with Gasteiger partial charge in [0, 0.05) is 55.1 Å².